The fourth-order valence-corrected chi connectivity index (χ4v) is 5.66. The Morgan fingerprint density at radius 2 is 1.97 bits per heavy atom. The van der Waals surface area contributed by atoms with Crippen LogP contribution in [0.2, 0.25) is 5.02 Å². The van der Waals surface area contributed by atoms with E-state index in [4.69, 9.17) is 16.3 Å². The molecule has 0 amide bonds. The zero-order chi connectivity index (χ0) is 23.7. The van der Waals surface area contributed by atoms with Crippen LogP contribution in [0.1, 0.15) is 54.5 Å². The molecule has 0 bridgehead atoms. The number of rotatable bonds is 7. The van der Waals surface area contributed by atoms with Crippen LogP contribution in [0.5, 0.6) is 0 Å². The van der Waals surface area contributed by atoms with Gasteiger partial charge in [0.2, 0.25) is 0 Å². The van der Waals surface area contributed by atoms with Gasteiger partial charge in [-0.25, -0.2) is 9.97 Å². The highest BCUT2D eigenvalue weighted by Crippen LogP contribution is 2.42. The zero-order valence-corrected chi connectivity index (χ0v) is 20.2. The van der Waals surface area contributed by atoms with Crippen molar-refractivity contribution in [1.82, 2.24) is 20.2 Å². The van der Waals surface area contributed by atoms with Crippen molar-refractivity contribution in [1.29, 1.82) is 0 Å². The first-order valence-corrected chi connectivity index (χ1v) is 12.5. The summed E-state index contributed by atoms with van der Waals surface area (Å²) in [5.41, 5.74) is 2.80. The summed E-state index contributed by atoms with van der Waals surface area (Å²) in [5, 5.41) is 14.7. The second-order valence-electron chi connectivity index (χ2n) is 9.56. The van der Waals surface area contributed by atoms with Crippen molar-refractivity contribution >= 4 is 23.7 Å². The van der Waals surface area contributed by atoms with Crippen LogP contribution in [-0.4, -0.2) is 77.9 Å². The van der Waals surface area contributed by atoms with E-state index in [-0.39, 0.29) is 24.0 Å². The summed E-state index contributed by atoms with van der Waals surface area (Å²) in [6.45, 7) is 6.69. The number of aliphatic hydroxyl groups is 1. The Labute approximate surface area is 205 Å². The van der Waals surface area contributed by atoms with Gasteiger partial charge in [0.15, 0.2) is 0 Å². The number of aliphatic hydroxyl groups excluding tert-OH is 1. The van der Waals surface area contributed by atoms with Crippen LogP contribution in [-0.2, 0) is 9.53 Å². The number of nitrogens with one attached hydrogen (secondary N) is 1. The number of hydrogen-bond acceptors (Lipinski definition) is 8. The first-order chi connectivity index (χ1) is 16.5. The summed E-state index contributed by atoms with van der Waals surface area (Å²) in [4.78, 5) is 26.0. The number of nitrogens with zero attached hydrogens (tertiary/aromatic N) is 4. The van der Waals surface area contributed by atoms with Crippen molar-refractivity contribution in [3.05, 3.63) is 52.4 Å². The quantitative estimate of drug-likeness (QED) is 0.578. The minimum atomic E-state index is -0.511. The van der Waals surface area contributed by atoms with Crippen molar-refractivity contribution < 1.29 is 14.6 Å². The number of hydrogen-bond donors (Lipinski definition) is 2. The molecule has 1 aliphatic carbocycles. The number of ether oxygens (including phenoxy) is 1. The van der Waals surface area contributed by atoms with Crippen molar-refractivity contribution in [2.75, 3.05) is 44.3 Å². The first-order valence-electron chi connectivity index (χ1n) is 12.1. The Morgan fingerprint density at radius 1 is 1.21 bits per heavy atom. The molecule has 8 nitrogen and oxygen atoms in total. The maximum Gasteiger partial charge on any atom is 0.135 e. The first kappa shape index (κ1) is 23.6. The third-order valence-electron chi connectivity index (χ3n) is 7.36. The molecular weight excluding hydrogens is 454 g/mol. The lowest BCUT2D eigenvalue weighted by Crippen LogP contribution is -2.59. The van der Waals surface area contributed by atoms with Crippen molar-refractivity contribution in [3.8, 4) is 0 Å². The Bertz CT molecular complexity index is 993. The average Bonchev–Trinajstić information content (AvgIpc) is 3.48. The third kappa shape index (κ3) is 4.70. The van der Waals surface area contributed by atoms with Crippen LogP contribution in [0.4, 0.5) is 5.82 Å². The minimum absolute atomic E-state index is 0.135. The van der Waals surface area contributed by atoms with E-state index in [1.807, 2.05) is 24.3 Å². The molecule has 2 aliphatic heterocycles. The molecule has 3 heterocycles. The summed E-state index contributed by atoms with van der Waals surface area (Å²) in [7, 11) is 0. The molecule has 0 radical (unpaired) electrons. The molecule has 0 spiro atoms. The van der Waals surface area contributed by atoms with Gasteiger partial charge in [-0.15, -0.1) is 0 Å². The van der Waals surface area contributed by atoms with Crippen molar-refractivity contribution in [2.24, 2.45) is 0 Å². The molecular formula is C25H32ClN5O3. The largest absolute Gasteiger partial charge is 0.387 e. The molecule has 2 fully saturated rings. The standard InChI is InChI=1S/C25H32ClN5O3/c1-16-12-21(33)23-22(16)25(28-15-27-23)31-9-7-30(8-10-31)24(29-19-6-11-34-14-19)20(13-32)17-2-4-18(26)5-3-17/h2-5,13,15-16,19-21,24,29,33H,6-12,14H2,1H3/t16-,19-,20?,21-,24?/m1/s1. The van der Waals surface area contributed by atoms with Gasteiger partial charge in [-0.2, -0.15) is 0 Å². The van der Waals surface area contributed by atoms with Gasteiger partial charge in [0.05, 0.1) is 30.5 Å². The number of piperazine rings is 1. The number of carbonyl (C=O) groups is 1. The van der Waals surface area contributed by atoms with Gasteiger partial charge < -0.3 is 19.5 Å². The van der Waals surface area contributed by atoms with E-state index in [1.54, 1.807) is 6.33 Å². The fourth-order valence-electron chi connectivity index (χ4n) is 5.53. The molecule has 0 saturated carbocycles. The summed E-state index contributed by atoms with van der Waals surface area (Å²) in [5.74, 6) is 0.857. The van der Waals surface area contributed by atoms with Gasteiger partial charge in [-0.3, -0.25) is 10.2 Å². The number of benzene rings is 1. The van der Waals surface area contributed by atoms with Crippen molar-refractivity contribution in [2.45, 2.75) is 49.9 Å². The average molecular weight is 486 g/mol. The highest BCUT2D eigenvalue weighted by Gasteiger charge is 2.36. The highest BCUT2D eigenvalue weighted by atomic mass is 35.5. The van der Waals surface area contributed by atoms with Crippen LogP contribution in [0.25, 0.3) is 0 Å². The molecule has 5 atom stereocenters. The van der Waals surface area contributed by atoms with Gasteiger partial charge in [-0.1, -0.05) is 30.7 Å². The van der Waals surface area contributed by atoms with Crippen LogP contribution in [0.15, 0.2) is 30.6 Å². The smallest absolute Gasteiger partial charge is 0.135 e. The maximum atomic E-state index is 12.3. The molecule has 9 heteroatoms. The molecule has 3 aliphatic rings. The molecule has 2 saturated heterocycles. The Morgan fingerprint density at radius 3 is 2.65 bits per heavy atom. The molecule has 2 aromatic rings. The third-order valence-corrected chi connectivity index (χ3v) is 7.62. The molecule has 1 aromatic heterocycles. The van der Waals surface area contributed by atoms with Crippen LogP contribution in [0.3, 0.4) is 0 Å². The van der Waals surface area contributed by atoms with Gasteiger partial charge in [0.1, 0.15) is 18.4 Å². The number of aromatic nitrogens is 2. The second kappa shape index (κ2) is 10.3. The van der Waals surface area contributed by atoms with Crippen molar-refractivity contribution in [3.63, 3.8) is 0 Å². The lowest BCUT2D eigenvalue weighted by Gasteiger charge is -2.43. The SMILES string of the molecule is C[C@@H]1C[C@@H](O)c2ncnc(N3CCN(C(N[C@@H]4CCOC4)C(C=O)c4ccc(Cl)cc4)CC3)c21. The highest BCUT2D eigenvalue weighted by molar-refractivity contribution is 6.30. The topological polar surface area (TPSA) is 90.8 Å². The summed E-state index contributed by atoms with van der Waals surface area (Å²) in [6, 6.07) is 7.78. The molecule has 182 valence electrons. The lowest BCUT2D eigenvalue weighted by atomic mass is 9.95. The number of aldehydes is 1. The predicted octanol–water partition coefficient (Wildman–Crippen LogP) is 2.48. The Hall–Kier alpha value is -2.10. The van der Waals surface area contributed by atoms with E-state index in [9.17, 15) is 9.90 Å². The summed E-state index contributed by atoms with van der Waals surface area (Å²) >= 11 is 6.10. The predicted molar refractivity (Wildman–Crippen MR) is 130 cm³/mol. The lowest BCUT2D eigenvalue weighted by molar-refractivity contribution is -0.111. The Balaban J connectivity index is 1.35. The van der Waals surface area contributed by atoms with Crippen LogP contribution >= 0.6 is 11.6 Å². The number of carbonyl (C=O) groups excluding carboxylic acids is 1. The zero-order valence-electron chi connectivity index (χ0n) is 19.4. The second-order valence-corrected chi connectivity index (χ2v) is 9.99. The molecule has 2 unspecified atom stereocenters. The van der Waals surface area contributed by atoms with E-state index in [2.05, 4.69) is 32.0 Å². The van der Waals surface area contributed by atoms with E-state index < -0.39 is 6.10 Å². The van der Waals surface area contributed by atoms with Crippen LogP contribution in [0, 0.1) is 0 Å². The minimum Gasteiger partial charge on any atom is -0.387 e. The Kier molecular flexibility index (Phi) is 7.13. The van der Waals surface area contributed by atoms with E-state index in [0.29, 0.717) is 18.1 Å². The van der Waals surface area contributed by atoms with Gasteiger partial charge in [0.25, 0.3) is 0 Å². The molecule has 5 rings (SSSR count). The molecule has 2 N–H and O–H groups in total. The van der Waals surface area contributed by atoms with Gasteiger partial charge in [0, 0.05) is 49.4 Å². The van der Waals surface area contributed by atoms with E-state index in [0.717, 1.165) is 68.1 Å². The molecule has 34 heavy (non-hydrogen) atoms. The van der Waals surface area contributed by atoms with Gasteiger partial charge in [-0.05, 0) is 36.5 Å². The van der Waals surface area contributed by atoms with E-state index >= 15 is 0 Å². The number of fused-ring (bicyclic) bond motifs is 1. The maximum absolute atomic E-state index is 12.3. The van der Waals surface area contributed by atoms with Gasteiger partial charge >= 0.3 is 0 Å². The number of anilines is 1. The molecule has 1 aromatic carbocycles. The summed E-state index contributed by atoms with van der Waals surface area (Å²) < 4.78 is 5.59. The summed E-state index contributed by atoms with van der Waals surface area (Å²) in [6.07, 6.45) is 3.60. The normalized spacial score (nSPS) is 26.9. The fraction of sp³-hybridized carbons (Fsp3) is 0.560. The monoisotopic (exact) mass is 485 g/mol. The van der Waals surface area contributed by atoms with E-state index in [1.165, 1.54) is 0 Å². The number of halogens is 1. The van der Waals surface area contributed by atoms with Crippen LogP contribution < -0.4 is 10.2 Å².